The molecular weight excluding hydrogens is 286 g/mol. The summed E-state index contributed by atoms with van der Waals surface area (Å²) in [5, 5.41) is 7.76. The summed E-state index contributed by atoms with van der Waals surface area (Å²) in [5.74, 6) is 0. The third-order valence-electron chi connectivity index (χ3n) is 3.73. The molecule has 0 saturated carbocycles. The summed E-state index contributed by atoms with van der Waals surface area (Å²) < 4.78 is 26.6. The van der Waals surface area contributed by atoms with Crippen molar-refractivity contribution in [2.24, 2.45) is 0 Å². The average Bonchev–Trinajstić information content (AvgIpc) is 2.47. The summed E-state index contributed by atoms with van der Waals surface area (Å²) in [5.41, 5.74) is 1.23. The summed E-state index contributed by atoms with van der Waals surface area (Å²) in [6.45, 7) is 3.90. The first-order valence-electron chi connectivity index (χ1n) is 7.18. The Balaban J connectivity index is 1.94. The largest absolute Gasteiger partial charge is 0.298 e. The topological polar surface area (TPSA) is 73.2 Å². The Morgan fingerprint density at radius 1 is 1.43 bits per heavy atom. The van der Waals surface area contributed by atoms with Crippen molar-refractivity contribution in [1.29, 1.82) is 5.26 Å². The van der Waals surface area contributed by atoms with Gasteiger partial charge in [0.2, 0.25) is 10.0 Å². The van der Waals surface area contributed by atoms with E-state index in [0.717, 1.165) is 25.9 Å². The summed E-state index contributed by atoms with van der Waals surface area (Å²) in [7, 11) is -3.54. The number of nitrogens with one attached hydrogen (secondary N) is 1. The molecule has 21 heavy (non-hydrogen) atoms. The summed E-state index contributed by atoms with van der Waals surface area (Å²) in [6.07, 6.45) is 1.78. The van der Waals surface area contributed by atoms with Crippen LogP contribution in [-0.2, 0) is 16.6 Å². The van der Waals surface area contributed by atoms with Gasteiger partial charge in [-0.1, -0.05) is 30.3 Å². The summed E-state index contributed by atoms with van der Waals surface area (Å²) >= 11 is 0. The molecule has 0 aromatic heterocycles. The Morgan fingerprint density at radius 3 is 2.81 bits per heavy atom. The number of piperidine rings is 1. The van der Waals surface area contributed by atoms with Crippen LogP contribution >= 0.6 is 0 Å². The van der Waals surface area contributed by atoms with E-state index in [2.05, 4.69) is 21.8 Å². The molecule has 1 fully saturated rings. The lowest BCUT2D eigenvalue weighted by atomic mass is 10.1. The van der Waals surface area contributed by atoms with Crippen LogP contribution in [0, 0.1) is 11.3 Å². The van der Waals surface area contributed by atoms with Crippen LogP contribution in [0.15, 0.2) is 30.3 Å². The van der Waals surface area contributed by atoms with E-state index in [9.17, 15) is 8.42 Å². The molecule has 0 spiro atoms. The molecule has 1 aromatic rings. The summed E-state index contributed by atoms with van der Waals surface area (Å²) in [4.78, 5) is 2.25. The molecule has 0 aliphatic carbocycles. The van der Waals surface area contributed by atoms with Crippen molar-refractivity contribution in [1.82, 2.24) is 9.62 Å². The third-order valence-corrected chi connectivity index (χ3v) is 5.43. The molecule has 0 amide bonds. The Morgan fingerprint density at radius 2 is 2.14 bits per heavy atom. The minimum atomic E-state index is -3.54. The fourth-order valence-electron chi connectivity index (χ4n) is 2.54. The monoisotopic (exact) mass is 307 g/mol. The number of nitriles is 1. The van der Waals surface area contributed by atoms with Crippen LogP contribution < -0.4 is 4.72 Å². The highest BCUT2D eigenvalue weighted by atomic mass is 32.2. The second kappa shape index (κ2) is 7.03. The quantitative estimate of drug-likeness (QED) is 0.894. The van der Waals surface area contributed by atoms with Crippen molar-refractivity contribution in [2.45, 2.75) is 37.6 Å². The number of hydrogen-bond acceptors (Lipinski definition) is 4. The maximum absolute atomic E-state index is 11.9. The van der Waals surface area contributed by atoms with E-state index in [1.54, 1.807) is 6.07 Å². The highest BCUT2D eigenvalue weighted by molar-refractivity contribution is 7.90. The van der Waals surface area contributed by atoms with Crippen LogP contribution in [0.3, 0.4) is 0 Å². The fourth-order valence-corrected chi connectivity index (χ4v) is 3.54. The number of hydrogen-bond donors (Lipinski definition) is 1. The number of likely N-dealkylation sites (tertiary alicyclic amines) is 1. The number of sulfonamides is 1. The zero-order valence-corrected chi connectivity index (χ0v) is 13.0. The van der Waals surface area contributed by atoms with Gasteiger partial charge in [-0.25, -0.2) is 13.1 Å². The van der Waals surface area contributed by atoms with Crippen LogP contribution in [0.1, 0.15) is 25.3 Å². The Labute approximate surface area is 126 Å². The maximum atomic E-state index is 11.9. The predicted octanol–water partition coefficient (Wildman–Crippen LogP) is 1.48. The van der Waals surface area contributed by atoms with Gasteiger partial charge < -0.3 is 0 Å². The standard InChI is InChI=1S/C15H21N3O2S/c1-13(10-16)21(19,20)17-15-8-5-9-18(12-15)11-14-6-3-2-4-7-14/h2-4,6-7,13,15,17H,5,8-9,11-12H2,1H3. The van der Waals surface area contributed by atoms with Gasteiger partial charge in [0.1, 0.15) is 0 Å². The molecule has 0 bridgehead atoms. The van der Waals surface area contributed by atoms with Gasteiger partial charge in [-0.3, -0.25) is 4.90 Å². The smallest absolute Gasteiger partial charge is 0.227 e. The molecule has 1 aliphatic rings. The third kappa shape index (κ3) is 4.53. The van der Waals surface area contributed by atoms with Gasteiger partial charge >= 0.3 is 0 Å². The molecule has 6 heteroatoms. The molecule has 2 atom stereocenters. The van der Waals surface area contributed by atoms with Gasteiger partial charge in [0.25, 0.3) is 0 Å². The molecule has 5 nitrogen and oxygen atoms in total. The lowest BCUT2D eigenvalue weighted by Crippen LogP contribution is -2.49. The molecule has 2 unspecified atom stereocenters. The lowest BCUT2D eigenvalue weighted by molar-refractivity contribution is 0.194. The van der Waals surface area contributed by atoms with Gasteiger partial charge in [-0.2, -0.15) is 5.26 Å². The van der Waals surface area contributed by atoms with Gasteiger partial charge in [-0.05, 0) is 31.9 Å². The molecule has 1 heterocycles. The van der Waals surface area contributed by atoms with E-state index in [1.165, 1.54) is 12.5 Å². The van der Waals surface area contributed by atoms with Crippen molar-refractivity contribution in [3.63, 3.8) is 0 Å². The Hall–Kier alpha value is -1.42. The van der Waals surface area contributed by atoms with E-state index in [0.29, 0.717) is 6.54 Å². The Kier molecular flexibility index (Phi) is 5.34. The lowest BCUT2D eigenvalue weighted by Gasteiger charge is -2.33. The van der Waals surface area contributed by atoms with E-state index in [1.807, 2.05) is 18.2 Å². The Bertz CT molecular complexity index is 595. The predicted molar refractivity (Wildman–Crippen MR) is 81.9 cm³/mol. The SMILES string of the molecule is CC(C#N)S(=O)(=O)NC1CCCN(Cc2ccccc2)C1. The molecule has 1 saturated heterocycles. The summed E-state index contributed by atoms with van der Waals surface area (Å²) in [6, 6.07) is 11.8. The van der Waals surface area contributed by atoms with E-state index >= 15 is 0 Å². The highest BCUT2D eigenvalue weighted by Crippen LogP contribution is 2.15. The van der Waals surface area contributed by atoms with Crippen LogP contribution in [0.2, 0.25) is 0 Å². The van der Waals surface area contributed by atoms with Crippen LogP contribution in [0.5, 0.6) is 0 Å². The fraction of sp³-hybridized carbons (Fsp3) is 0.533. The average molecular weight is 307 g/mol. The van der Waals surface area contributed by atoms with Crippen molar-refractivity contribution < 1.29 is 8.42 Å². The van der Waals surface area contributed by atoms with Gasteiger partial charge in [0.15, 0.2) is 5.25 Å². The zero-order chi connectivity index (χ0) is 15.3. The molecule has 1 aliphatic heterocycles. The van der Waals surface area contributed by atoms with Crippen LogP contribution in [-0.4, -0.2) is 37.7 Å². The second-order valence-corrected chi connectivity index (χ2v) is 7.53. The number of benzene rings is 1. The van der Waals surface area contributed by atoms with Crippen molar-refractivity contribution in [3.05, 3.63) is 35.9 Å². The molecule has 1 N–H and O–H groups in total. The minimum absolute atomic E-state index is 0.108. The number of nitrogens with zero attached hydrogens (tertiary/aromatic N) is 2. The first-order chi connectivity index (χ1) is 10.0. The first-order valence-corrected chi connectivity index (χ1v) is 8.73. The molecular formula is C15H21N3O2S. The molecule has 1 aromatic carbocycles. The van der Waals surface area contributed by atoms with Gasteiger partial charge in [-0.15, -0.1) is 0 Å². The van der Waals surface area contributed by atoms with Crippen molar-refractivity contribution in [2.75, 3.05) is 13.1 Å². The second-order valence-electron chi connectivity index (χ2n) is 5.49. The van der Waals surface area contributed by atoms with Crippen molar-refractivity contribution >= 4 is 10.0 Å². The molecule has 2 rings (SSSR count). The van der Waals surface area contributed by atoms with Crippen LogP contribution in [0.4, 0.5) is 0 Å². The maximum Gasteiger partial charge on any atom is 0.227 e. The van der Waals surface area contributed by atoms with Crippen LogP contribution in [0.25, 0.3) is 0 Å². The molecule has 114 valence electrons. The zero-order valence-electron chi connectivity index (χ0n) is 12.2. The van der Waals surface area contributed by atoms with Crippen molar-refractivity contribution in [3.8, 4) is 6.07 Å². The molecule has 0 radical (unpaired) electrons. The van der Waals surface area contributed by atoms with E-state index in [-0.39, 0.29) is 6.04 Å². The highest BCUT2D eigenvalue weighted by Gasteiger charge is 2.27. The van der Waals surface area contributed by atoms with E-state index in [4.69, 9.17) is 5.26 Å². The van der Waals surface area contributed by atoms with E-state index < -0.39 is 15.3 Å². The van der Waals surface area contributed by atoms with Gasteiger partial charge in [0, 0.05) is 19.1 Å². The van der Waals surface area contributed by atoms with Gasteiger partial charge in [0.05, 0.1) is 6.07 Å². The first kappa shape index (κ1) is 16.0. The normalized spacial score (nSPS) is 21.6. The minimum Gasteiger partial charge on any atom is -0.298 e. The number of rotatable bonds is 5.